The van der Waals surface area contributed by atoms with E-state index in [1.54, 1.807) is 6.07 Å². The molecule has 0 aromatic heterocycles. The van der Waals surface area contributed by atoms with Crippen LogP contribution in [0.3, 0.4) is 0 Å². The van der Waals surface area contributed by atoms with Crippen molar-refractivity contribution in [2.75, 3.05) is 19.7 Å². The van der Waals surface area contributed by atoms with Crippen LogP contribution < -0.4 is 5.32 Å². The summed E-state index contributed by atoms with van der Waals surface area (Å²) in [6.45, 7) is 6.20. The van der Waals surface area contributed by atoms with Crippen molar-refractivity contribution in [2.24, 2.45) is 0 Å². The molecule has 1 aromatic rings. The molecule has 1 aromatic carbocycles. The Morgan fingerprint density at radius 1 is 1.47 bits per heavy atom. The van der Waals surface area contributed by atoms with E-state index >= 15 is 0 Å². The lowest BCUT2D eigenvalue weighted by molar-refractivity contribution is 0.0276. The van der Waals surface area contributed by atoms with E-state index in [2.05, 4.69) is 5.32 Å². The third-order valence-corrected chi connectivity index (χ3v) is 3.28. The van der Waals surface area contributed by atoms with Crippen LogP contribution in [-0.2, 0) is 4.74 Å². The second kappa shape index (κ2) is 5.34. The van der Waals surface area contributed by atoms with Crippen molar-refractivity contribution in [3.63, 3.8) is 0 Å². The minimum absolute atomic E-state index is 0.0284. The molecule has 1 unspecified atom stereocenters. The van der Waals surface area contributed by atoms with Crippen LogP contribution >= 0.6 is 11.6 Å². The van der Waals surface area contributed by atoms with E-state index in [-0.39, 0.29) is 22.9 Å². The van der Waals surface area contributed by atoms with E-state index in [0.717, 1.165) is 18.7 Å². The lowest BCUT2D eigenvalue weighted by atomic mass is 9.97. The van der Waals surface area contributed by atoms with E-state index in [0.29, 0.717) is 12.2 Å². The zero-order valence-electron chi connectivity index (χ0n) is 10.1. The Balaban J connectivity index is 2.34. The van der Waals surface area contributed by atoms with Crippen molar-refractivity contribution in [3.8, 4) is 0 Å². The summed E-state index contributed by atoms with van der Waals surface area (Å²) >= 11 is 5.93. The third kappa shape index (κ3) is 2.79. The van der Waals surface area contributed by atoms with Crippen molar-refractivity contribution in [3.05, 3.63) is 34.1 Å². The number of halogens is 2. The Morgan fingerprint density at radius 3 is 2.82 bits per heavy atom. The Hall–Kier alpha value is -0.640. The smallest absolute Gasteiger partial charge is 0.145 e. The van der Waals surface area contributed by atoms with Gasteiger partial charge in [0.2, 0.25) is 0 Å². The van der Waals surface area contributed by atoms with Gasteiger partial charge < -0.3 is 10.1 Å². The highest BCUT2D eigenvalue weighted by Crippen LogP contribution is 2.30. The van der Waals surface area contributed by atoms with Gasteiger partial charge in [0.1, 0.15) is 5.82 Å². The van der Waals surface area contributed by atoms with Crippen LogP contribution in [0.5, 0.6) is 0 Å². The summed E-state index contributed by atoms with van der Waals surface area (Å²) in [6.07, 6.45) is -0.0284. The molecular formula is C13H17ClFNO. The van der Waals surface area contributed by atoms with Gasteiger partial charge in [-0.1, -0.05) is 25.4 Å². The fourth-order valence-corrected chi connectivity index (χ4v) is 2.25. The molecule has 17 heavy (non-hydrogen) atoms. The standard InChI is InChI=1S/C13H17ClFNO/c1-8(2)10-5-9(6-11(14)13(10)15)12-7-16-3-4-17-12/h5-6,8,12,16H,3-4,7H2,1-2H3. The molecule has 0 aliphatic carbocycles. The fourth-order valence-electron chi connectivity index (χ4n) is 2.02. The first-order valence-electron chi connectivity index (χ1n) is 5.90. The van der Waals surface area contributed by atoms with Crippen LogP contribution in [0.1, 0.15) is 37.0 Å². The number of rotatable bonds is 2. The summed E-state index contributed by atoms with van der Waals surface area (Å²) in [5, 5.41) is 3.44. The van der Waals surface area contributed by atoms with Crippen LogP contribution in [0.15, 0.2) is 12.1 Å². The van der Waals surface area contributed by atoms with Crippen LogP contribution in [0.4, 0.5) is 4.39 Å². The average Bonchev–Trinajstić information content (AvgIpc) is 2.33. The molecule has 1 atom stereocenters. The Labute approximate surface area is 106 Å². The lowest BCUT2D eigenvalue weighted by Gasteiger charge is -2.25. The summed E-state index contributed by atoms with van der Waals surface area (Å²) in [5.74, 6) is -0.196. The third-order valence-electron chi connectivity index (χ3n) is 3.00. The van der Waals surface area contributed by atoms with Crippen molar-refractivity contribution in [1.29, 1.82) is 0 Å². The molecule has 94 valence electrons. The summed E-state index contributed by atoms with van der Waals surface area (Å²) < 4.78 is 19.5. The summed E-state index contributed by atoms with van der Waals surface area (Å²) in [5.41, 5.74) is 1.61. The van der Waals surface area contributed by atoms with Gasteiger partial charge in [0.05, 0.1) is 17.7 Å². The summed E-state index contributed by atoms with van der Waals surface area (Å²) in [7, 11) is 0. The van der Waals surface area contributed by atoms with Gasteiger partial charge in [-0.25, -0.2) is 4.39 Å². The molecule has 2 nitrogen and oxygen atoms in total. The Morgan fingerprint density at radius 2 is 2.24 bits per heavy atom. The van der Waals surface area contributed by atoms with Gasteiger partial charge in [-0.15, -0.1) is 0 Å². The SMILES string of the molecule is CC(C)c1cc(C2CNCCO2)cc(Cl)c1F. The maximum absolute atomic E-state index is 13.8. The van der Waals surface area contributed by atoms with E-state index < -0.39 is 0 Å². The molecule has 1 heterocycles. The minimum atomic E-state index is -0.311. The van der Waals surface area contributed by atoms with Crippen molar-refractivity contribution in [2.45, 2.75) is 25.9 Å². The molecule has 1 aliphatic heterocycles. The molecule has 1 N–H and O–H groups in total. The highest BCUT2D eigenvalue weighted by Gasteiger charge is 2.20. The Kier molecular flexibility index (Phi) is 4.02. The topological polar surface area (TPSA) is 21.3 Å². The largest absolute Gasteiger partial charge is 0.371 e. The first kappa shape index (κ1) is 12.8. The monoisotopic (exact) mass is 257 g/mol. The normalized spacial score (nSPS) is 20.9. The van der Waals surface area contributed by atoms with Crippen LogP contribution in [0, 0.1) is 5.82 Å². The van der Waals surface area contributed by atoms with E-state index in [1.807, 2.05) is 19.9 Å². The average molecular weight is 258 g/mol. The maximum atomic E-state index is 13.8. The zero-order valence-corrected chi connectivity index (χ0v) is 10.9. The van der Waals surface area contributed by atoms with E-state index in [4.69, 9.17) is 16.3 Å². The number of nitrogens with one attached hydrogen (secondary N) is 1. The number of hydrogen-bond donors (Lipinski definition) is 1. The fraction of sp³-hybridized carbons (Fsp3) is 0.538. The second-order valence-corrected chi connectivity index (χ2v) is 5.03. The molecule has 0 spiro atoms. The van der Waals surface area contributed by atoms with Crippen molar-refractivity contribution < 1.29 is 9.13 Å². The molecule has 0 saturated carbocycles. The minimum Gasteiger partial charge on any atom is -0.371 e. The van der Waals surface area contributed by atoms with Crippen molar-refractivity contribution >= 4 is 11.6 Å². The highest BCUT2D eigenvalue weighted by atomic mass is 35.5. The van der Waals surface area contributed by atoms with Gasteiger partial charge in [0.25, 0.3) is 0 Å². The summed E-state index contributed by atoms with van der Waals surface area (Å²) in [6, 6.07) is 3.53. The number of hydrogen-bond acceptors (Lipinski definition) is 2. The van der Waals surface area contributed by atoms with Crippen LogP contribution in [0.2, 0.25) is 5.02 Å². The van der Waals surface area contributed by atoms with E-state index in [9.17, 15) is 4.39 Å². The number of ether oxygens (including phenoxy) is 1. The molecule has 1 fully saturated rings. The predicted molar refractivity (Wildman–Crippen MR) is 67.1 cm³/mol. The first-order valence-corrected chi connectivity index (χ1v) is 6.28. The predicted octanol–water partition coefficient (Wildman–Crippen LogP) is 3.26. The highest BCUT2D eigenvalue weighted by molar-refractivity contribution is 6.30. The molecule has 0 radical (unpaired) electrons. The van der Waals surface area contributed by atoms with Gasteiger partial charge in [-0.2, -0.15) is 0 Å². The van der Waals surface area contributed by atoms with Gasteiger partial charge >= 0.3 is 0 Å². The van der Waals surface area contributed by atoms with E-state index in [1.165, 1.54) is 0 Å². The molecule has 2 rings (SSSR count). The Bertz CT molecular complexity index is 403. The molecule has 1 saturated heterocycles. The number of benzene rings is 1. The molecular weight excluding hydrogens is 241 g/mol. The van der Waals surface area contributed by atoms with Crippen molar-refractivity contribution in [1.82, 2.24) is 5.32 Å². The second-order valence-electron chi connectivity index (χ2n) is 4.62. The van der Waals surface area contributed by atoms with Gasteiger partial charge in [-0.05, 0) is 29.2 Å². The lowest BCUT2D eigenvalue weighted by Crippen LogP contribution is -2.33. The molecule has 4 heteroatoms. The van der Waals surface area contributed by atoms with Gasteiger partial charge in [0, 0.05) is 13.1 Å². The van der Waals surface area contributed by atoms with Gasteiger partial charge in [0.15, 0.2) is 0 Å². The van der Waals surface area contributed by atoms with Crippen LogP contribution in [0.25, 0.3) is 0 Å². The molecule has 0 amide bonds. The summed E-state index contributed by atoms with van der Waals surface area (Å²) in [4.78, 5) is 0. The van der Waals surface area contributed by atoms with Crippen LogP contribution in [-0.4, -0.2) is 19.7 Å². The molecule has 1 aliphatic rings. The first-order chi connectivity index (χ1) is 8.09. The number of morpholine rings is 1. The molecule has 0 bridgehead atoms. The zero-order chi connectivity index (χ0) is 12.4. The quantitative estimate of drug-likeness (QED) is 0.878. The van der Waals surface area contributed by atoms with Gasteiger partial charge in [-0.3, -0.25) is 0 Å². The maximum Gasteiger partial charge on any atom is 0.145 e.